The van der Waals surface area contributed by atoms with E-state index in [2.05, 4.69) is 37.3 Å². The summed E-state index contributed by atoms with van der Waals surface area (Å²) in [6.07, 6.45) is 3.06. The zero-order chi connectivity index (χ0) is 38.2. The van der Waals surface area contributed by atoms with Crippen LogP contribution in [0.15, 0.2) is 99.5 Å². The van der Waals surface area contributed by atoms with Crippen LogP contribution in [0.25, 0.3) is 0 Å². The van der Waals surface area contributed by atoms with Gasteiger partial charge in [-0.2, -0.15) is 5.01 Å². The highest BCUT2D eigenvalue weighted by Gasteiger charge is 2.70. The summed E-state index contributed by atoms with van der Waals surface area (Å²) in [4.78, 5) is 60.3. The summed E-state index contributed by atoms with van der Waals surface area (Å²) in [6.45, 7) is 2.03. The Kier molecular flexibility index (Phi) is 9.22. The molecule has 3 fully saturated rings. The minimum atomic E-state index is -1.62. The number of phenols is 1. The number of benzene rings is 4. The van der Waals surface area contributed by atoms with Crippen molar-refractivity contribution in [2.45, 2.75) is 37.5 Å². The number of phenolic OH excluding ortho intramolecular Hbond substituents is 1. The van der Waals surface area contributed by atoms with Crippen molar-refractivity contribution in [3.05, 3.63) is 127 Å². The Balaban J connectivity index is 1.35. The molecular formula is C41H33Br2ClFN3O6. The van der Waals surface area contributed by atoms with Gasteiger partial charge < -0.3 is 9.84 Å². The molecule has 0 bridgehead atoms. The monoisotopic (exact) mass is 875 g/mol. The lowest BCUT2D eigenvalue weighted by atomic mass is 9.49. The van der Waals surface area contributed by atoms with Crippen molar-refractivity contribution in [2.24, 2.45) is 23.7 Å². The smallest absolute Gasteiger partial charge is 0.260 e. The molecule has 6 atom stereocenters. The molecule has 1 saturated carbocycles. The molecule has 0 spiro atoms. The molecule has 6 unspecified atom stereocenters. The zero-order valence-electron chi connectivity index (χ0n) is 29.0. The van der Waals surface area contributed by atoms with E-state index in [4.69, 9.17) is 16.3 Å². The Morgan fingerprint density at radius 3 is 2.26 bits per heavy atom. The second-order valence-corrected chi connectivity index (χ2v) is 16.1. The van der Waals surface area contributed by atoms with Crippen molar-refractivity contribution < 1.29 is 33.4 Å². The number of methoxy groups -OCH3 is 1. The van der Waals surface area contributed by atoms with Gasteiger partial charge in [0.1, 0.15) is 5.82 Å². The van der Waals surface area contributed by atoms with Crippen molar-refractivity contribution in [1.82, 2.24) is 5.01 Å². The first-order valence-electron chi connectivity index (χ1n) is 17.5. The van der Waals surface area contributed by atoms with E-state index in [9.17, 15) is 23.9 Å². The Bertz CT molecular complexity index is 2270. The standard InChI is InChI=1S/C41H33Br2ClFN3O6/c1-3-20-4-14-25(15-5-20)47-37(50)27-17-16-26-28(32(27)39(47)52)18-30-38(51)48(46-24-12-10-23(45)11-13-24)40(53)41(30,21-6-8-22(44)9-7-21)33(26)29-19-31(54-2)36(49)35(43)34(29)42/h4-16,19,27-28,30,32-33,46,49H,3,17-18H2,1-2H3. The number of ether oxygens (including phenoxy) is 1. The number of allylic oxidation sites excluding steroid dienone is 2. The van der Waals surface area contributed by atoms with E-state index in [-0.39, 0.29) is 40.6 Å². The largest absolute Gasteiger partial charge is 0.503 e. The van der Waals surface area contributed by atoms with Crippen LogP contribution in [0, 0.1) is 29.5 Å². The van der Waals surface area contributed by atoms with Crippen LogP contribution in [0.4, 0.5) is 15.8 Å². The molecule has 2 aliphatic carbocycles. The number of hydrazine groups is 1. The molecule has 4 amide bonds. The molecule has 13 heteroatoms. The lowest BCUT2D eigenvalue weighted by Crippen LogP contribution is -2.53. The van der Waals surface area contributed by atoms with Crippen LogP contribution in [-0.4, -0.2) is 40.9 Å². The van der Waals surface area contributed by atoms with Crippen LogP contribution in [-0.2, 0) is 31.0 Å². The van der Waals surface area contributed by atoms with Gasteiger partial charge in [-0.1, -0.05) is 54.4 Å². The molecule has 2 saturated heterocycles. The molecule has 0 radical (unpaired) electrons. The minimum Gasteiger partial charge on any atom is -0.503 e. The maximum atomic E-state index is 15.4. The van der Waals surface area contributed by atoms with Gasteiger partial charge in [-0.25, -0.2) is 4.39 Å². The number of rotatable bonds is 7. The summed E-state index contributed by atoms with van der Waals surface area (Å²) in [5.41, 5.74) is 4.93. The van der Waals surface area contributed by atoms with Gasteiger partial charge in [0, 0.05) is 15.4 Å². The fourth-order valence-corrected chi connectivity index (χ4v) is 10.2. The van der Waals surface area contributed by atoms with Gasteiger partial charge in [-0.15, -0.1) is 0 Å². The summed E-state index contributed by atoms with van der Waals surface area (Å²) < 4.78 is 20.2. The molecule has 54 heavy (non-hydrogen) atoms. The van der Waals surface area contributed by atoms with Crippen LogP contribution in [0.2, 0.25) is 5.02 Å². The first-order valence-corrected chi connectivity index (χ1v) is 19.5. The van der Waals surface area contributed by atoms with E-state index < -0.39 is 52.6 Å². The fraction of sp³-hybridized carbons (Fsp3) is 0.268. The van der Waals surface area contributed by atoms with E-state index in [1.807, 2.05) is 25.1 Å². The number of nitrogens with zero attached hydrogens (tertiary/aromatic N) is 2. The highest BCUT2D eigenvalue weighted by molar-refractivity contribution is 9.13. The van der Waals surface area contributed by atoms with E-state index in [1.54, 1.807) is 42.5 Å². The fourth-order valence-electron chi connectivity index (χ4n) is 9.11. The normalized spacial score (nSPS) is 26.0. The number of hydrogen-bond acceptors (Lipinski definition) is 7. The highest BCUT2D eigenvalue weighted by Crippen LogP contribution is 2.65. The Morgan fingerprint density at radius 2 is 1.61 bits per heavy atom. The average Bonchev–Trinajstić information content (AvgIpc) is 3.56. The number of amides is 4. The molecule has 8 rings (SSSR count). The number of carbonyl (C=O) groups excluding carboxylic acids is 4. The second-order valence-electron chi connectivity index (χ2n) is 14.0. The first-order chi connectivity index (χ1) is 25.9. The molecule has 4 aromatic rings. The zero-order valence-corrected chi connectivity index (χ0v) is 32.9. The molecule has 4 aromatic carbocycles. The summed E-state index contributed by atoms with van der Waals surface area (Å²) in [5.74, 6) is -6.39. The number of fused-ring (bicyclic) bond motifs is 4. The third kappa shape index (κ3) is 5.35. The second kappa shape index (κ2) is 13.6. The molecule has 2 aliphatic heterocycles. The Labute approximate surface area is 332 Å². The minimum absolute atomic E-state index is 0.0773. The van der Waals surface area contributed by atoms with Crippen LogP contribution in [0.3, 0.4) is 0 Å². The number of hydrogen-bond donors (Lipinski definition) is 2. The van der Waals surface area contributed by atoms with E-state index in [0.717, 1.165) is 22.6 Å². The van der Waals surface area contributed by atoms with Gasteiger partial charge in [0.15, 0.2) is 11.5 Å². The average molecular weight is 878 g/mol. The van der Waals surface area contributed by atoms with Crippen LogP contribution >= 0.6 is 43.5 Å². The third-order valence-corrected chi connectivity index (χ3v) is 14.0. The number of imide groups is 2. The summed E-state index contributed by atoms with van der Waals surface area (Å²) in [6, 6.07) is 21.1. The topological polar surface area (TPSA) is 116 Å². The maximum absolute atomic E-state index is 15.4. The van der Waals surface area contributed by atoms with E-state index >= 15 is 4.79 Å². The lowest BCUT2D eigenvalue weighted by Gasteiger charge is -2.51. The lowest BCUT2D eigenvalue weighted by molar-refractivity contribution is -0.138. The van der Waals surface area contributed by atoms with Crippen molar-refractivity contribution >= 4 is 78.5 Å². The quantitative estimate of drug-likeness (QED) is 0.141. The highest BCUT2D eigenvalue weighted by atomic mass is 79.9. The summed E-state index contributed by atoms with van der Waals surface area (Å²) in [7, 11) is 1.41. The molecule has 4 aliphatic rings. The summed E-state index contributed by atoms with van der Waals surface area (Å²) >= 11 is 13.6. The molecular weight excluding hydrogens is 845 g/mol. The molecule has 276 valence electrons. The molecule has 2 heterocycles. The Hall–Kier alpha value is -4.52. The first kappa shape index (κ1) is 36.5. The van der Waals surface area contributed by atoms with Gasteiger partial charge in [0.25, 0.3) is 11.8 Å². The predicted octanol–water partition coefficient (Wildman–Crippen LogP) is 8.47. The van der Waals surface area contributed by atoms with Crippen molar-refractivity contribution in [3.8, 4) is 11.5 Å². The molecule has 0 aromatic heterocycles. The number of nitrogens with one attached hydrogen (secondary N) is 1. The molecule has 9 nitrogen and oxygen atoms in total. The van der Waals surface area contributed by atoms with Gasteiger partial charge in [0.2, 0.25) is 11.8 Å². The molecule has 2 N–H and O–H groups in total. The van der Waals surface area contributed by atoms with Crippen molar-refractivity contribution in [3.63, 3.8) is 0 Å². The van der Waals surface area contributed by atoms with Crippen LogP contribution in [0.5, 0.6) is 11.5 Å². The number of anilines is 2. The van der Waals surface area contributed by atoms with E-state index in [1.165, 1.54) is 36.3 Å². The van der Waals surface area contributed by atoms with Gasteiger partial charge >= 0.3 is 0 Å². The van der Waals surface area contributed by atoms with Crippen molar-refractivity contribution in [2.75, 3.05) is 17.4 Å². The van der Waals surface area contributed by atoms with Crippen molar-refractivity contribution in [1.29, 1.82) is 0 Å². The van der Waals surface area contributed by atoms with Gasteiger partial charge in [0.05, 0.1) is 46.1 Å². The SMILES string of the molecule is CCc1ccc(N2C(=O)C3CC=C4C(CC5C(=O)N(Nc6ccc(F)cc6)C(=O)C5(c5ccc(Cl)cc5)C4c4cc(OC)c(O)c(Br)c4Br)C3C2=O)cc1. The number of aryl methyl sites for hydroxylation is 1. The number of carbonyl (C=O) groups is 4. The van der Waals surface area contributed by atoms with Crippen LogP contribution in [0.1, 0.15) is 42.4 Å². The summed E-state index contributed by atoms with van der Waals surface area (Å²) in [5, 5.41) is 12.4. The predicted molar refractivity (Wildman–Crippen MR) is 207 cm³/mol. The van der Waals surface area contributed by atoms with Gasteiger partial charge in [-0.05, 0) is 128 Å². The number of halogens is 4. The van der Waals surface area contributed by atoms with Crippen LogP contribution < -0.4 is 15.1 Å². The third-order valence-electron chi connectivity index (χ3n) is 11.6. The maximum Gasteiger partial charge on any atom is 0.260 e. The Morgan fingerprint density at radius 1 is 0.926 bits per heavy atom. The number of aromatic hydroxyl groups is 1. The van der Waals surface area contributed by atoms with Gasteiger partial charge in [-0.3, -0.25) is 29.5 Å². The van der Waals surface area contributed by atoms with E-state index in [0.29, 0.717) is 32.0 Å².